The van der Waals surface area contributed by atoms with Crippen LogP contribution in [0.2, 0.25) is 0 Å². The summed E-state index contributed by atoms with van der Waals surface area (Å²) < 4.78 is 13.4. The predicted octanol–water partition coefficient (Wildman–Crippen LogP) is 4.48. The molecule has 0 aliphatic heterocycles. The molecule has 0 radical (unpaired) electrons. The number of fused-ring (bicyclic) bond motifs is 1. The van der Waals surface area contributed by atoms with E-state index >= 15 is 0 Å². The van der Waals surface area contributed by atoms with Crippen LogP contribution in [0.15, 0.2) is 43.0 Å². The topological polar surface area (TPSA) is 17.1 Å². The van der Waals surface area contributed by atoms with Crippen LogP contribution in [0.1, 0.15) is 42.1 Å². The van der Waals surface area contributed by atoms with E-state index < -0.39 is 5.41 Å². The molecule has 0 aromatic heterocycles. The van der Waals surface area contributed by atoms with Gasteiger partial charge in [-0.25, -0.2) is 4.39 Å². The fraction of sp³-hybridized carbons (Fsp3) is 0.353. The molecular formula is C17H19FO. The number of ketones is 1. The number of halogens is 1. The van der Waals surface area contributed by atoms with Crippen molar-refractivity contribution < 1.29 is 9.18 Å². The van der Waals surface area contributed by atoms with Crippen LogP contribution in [0.4, 0.5) is 4.39 Å². The summed E-state index contributed by atoms with van der Waals surface area (Å²) >= 11 is 0. The molecule has 0 unspecified atom stereocenters. The molecule has 0 spiro atoms. The Morgan fingerprint density at radius 3 is 2.89 bits per heavy atom. The number of rotatable bonds is 4. The number of carbonyl (C=O) groups excluding carboxylic acids is 1. The van der Waals surface area contributed by atoms with Crippen molar-refractivity contribution in [1.29, 1.82) is 0 Å². The molecule has 0 saturated carbocycles. The van der Waals surface area contributed by atoms with Crippen LogP contribution < -0.4 is 0 Å². The SMILES string of the molecule is C=CC[C@]1(CC(=C)C)CCc2ccc(F)cc2C1=O. The van der Waals surface area contributed by atoms with E-state index in [1.54, 1.807) is 12.1 Å². The lowest BCUT2D eigenvalue weighted by molar-refractivity contribution is 0.0757. The van der Waals surface area contributed by atoms with Crippen LogP contribution >= 0.6 is 0 Å². The fourth-order valence-corrected chi connectivity index (χ4v) is 3.04. The van der Waals surface area contributed by atoms with E-state index in [0.717, 1.165) is 24.0 Å². The van der Waals surface area contributed by atoms with Gasteiger partial charge in [-0.2, -0.15) is 0 Å². The first kappa shape index (κ1) is 13.7. The maximum absolute atomic E-state index is 13.4. The molecule has 1 aromatic carbocycles. The van der Waals surface area contributed by atoms with E-state index in [-0.39, 0.29) is 11.6 Å². The summed E-state index contributed by atoms with van der Waals surface area (Å²) in [5.74, 6) is -0.312. The number of Topliss-reactive ketones (excluding diaryl/α,β-unsaturated/α-hetero) is 1. The average molecular weight is 258 g/mol. The fourth-order valence-electron chi connectivity index (χ4n) is 3.04. The molecule has 0 amide bonds. The third kappa shape index (κ3) is 2.53. The molecule has 0 saturated heterocycles. The highest BCUT2D eigenvalue weighted by atomic mass is 19.1. The molecule has 1 aliphatic carbocycles. The van der Waals surface area contributed by atoms with Gasteiger partial charge in [-0.05, 0) is 50.3 Å². The molecule has 1 aromatic rings. The lowest BCUT2D eigenvalue weighted by Gasteiger charge is -2.36. The number of allylic oxidation sites excluding steroid dienone is 2. The summed E-state index contributed by atoms with van der Waals surface area (Å²) in [6, 6.07) is 4.51. The number of hydrogen-bond donors (Lipinski definition) is 0. The van der Waals surface area contributed by atoms with Crippen molar-refractivity contribution in [2.45, 2.75) is 32.6 Å². The van der Waals surface area contributed by atoms with Crippen LogP contribution in [0.25, 0.3) is 0 Å². The minimum absolute atomic E-state index is 0.0381. The highest BCUT2D eigenvalue weighted by molar-refractivity contribution is 6.03. The van der Waals surface area contributed by atoms with Gasteiger partial charge in [0.1, 0.15) is 5.82 Å². The molecule has 1 atom stereocenters. The maximum atomic E-state index is 13.4. The summed E-state index contributed by atoms with van der Waals surface area (Å²) in [5.41, 5.74) is 1.99. The van der Waals surface area contributed by atoms with Gasteiger partial charge in [-0.3, -0.25) is 4.79 Å². The molecule has 0 fully saturated rings. The Hall–Kier alpha value is -1.70. The first-order valence-corrected chi connectivity index (χ1v) is 6.57. The van der Waals surface area contributed by atoms with Crippen molar-refractivity contribution in [1.82, 2.24) is 0 Å². The Bertz CT molecular complexity index is 544. The number of hydrogen-bond acceptors (Lipinski definition) is 1. The minimum Gasteiger partial charge on any atom is -0.294 e. The highest BCUT2D eigenvalue weighted by Gasteiger charge is 2.41. The summed E-state index contributed by atoms with van der Waals surface area (Å²) in [7, 11) is 0. The van der Waals surface area contributed by atoms with Gasteiger partial charge in [-0.15, -0.1) is 13.2 Å². The summed E-state index contributed by atoms with van der Waals surface area (Å²) in [4.78, 5) is 12.8. The van der Waals surface area contributed by atoms with Gasteiger partial charge in [-0.1, -0.05) is 17.7 Å². The van der Waals surface area contributed by atoms with Crippen LogP contribution in [-0.4, -0.2) is 5.78 Å². The largest absolute Gasteiger partial charge is 0.294 e. The summed E-state index contributed by atoms with van der Waals surface area (Å²) in [5, 5.41) is 0. The molecule has 1 aliphatic rings. The van der Waals surface area contributed by atoms with Crippen molar-refractivity contribution in [3.63, 3.8) is 0 Å². The van der Waals surface area contributed by atoms with E-state index in [4.69, 9.17) is 0 Å². The zero-order chi connectivity index (χ0) is 14.0. The first-order valence-electron chi connectivity index (χ1n) is 6.57. The molecular weight excluding hydrogens is 239 g/mol. The number of benzene rings is 1. The van der Waals surface area contributed by atoms with Crippen LogP contribution in [0, 0.1) is 11.2 Å². The number of carbonyl (C=O) groups is 1. The zero-order valence-electron chi connectivity index (χ0n) is 11.3. The minimum atomic E-state index is -0.478. The monoisotopic (exact) mass is 258 g/mol. The van der Waals surface area contributed by atoms with Crippen LogP contribution in [0.3, 0.4) is 0 Å². The zero-order valence-corrected chi connectivity index (χ0v) is 11.3. The Morgan fingerprint density at radius 1 is 1.53 bits per heavy atom. The second-order valence-corrected chi connectivity index (χ2v) is 5.54. The number of aryl methyl sites for hydroxylation is 1. The first-order chi connectivity index (χ1) is 8.98. The molecule has 2 rings (SSSR count). The standard InChI is InChI=1S/C17H19FO/c1-4-8-17(11-12(2)3)9-7-13-5-6-14(18)10-15(13)16(17)19/h4-6,10H,1-2,7-9,11H2,3H3/t17-/m1/s1. The predicted molar refractivity (Wildman–Crippen MR) is 75.7 cm³/mol. The molecule has 0 bridgehead atoms. The molecule has 2 heteroatoms. The van der Waals surface area contributed by atoms with Gasteiger partial charge >= 0.3 is 0 Å². The van der Waals surface area contributed by atoms with Crippen LogP contribution in [0.5, 0.6) is 0 Å². The van der Waals surface area contributed by atoms with Crippen molar-refractivity contribution in [3.8, 4) is 0 Å². The Morgan fingerprint density at radius 2 is 2.26 bits per heavy atom. The van der Waals surface area contributed by atoms with Gasteiger partial charge in [0.2, 0.25) is 0 Å². The Labute approximate surface area is 113 Å². The van der Waals surface area contributed by atoms with Crippen LogP contribution in [-0.2, 0) is 6.42 Å². The summed E-state index contributed by atoms with van der Waals surface area (Å²) in [6.45, 7) is 9.61. The lowest BCUT2D eigenvalue weighted by Crippen LogP contribution is -2.36. The van der Waals surface area contributed by atoms with E-state index in [9.17, 15) is 9.18 Å². The average Bonchev–Trinajstić information content (AvgIpc) is 2.34. The van der Waals surface area contributed by atoms with Crippen molar-refractivity contribution >= 4 is 5.78 Å². The van der Waals surface area contributed by atoms with Gasteiger partial charge in [0.25, 0.3) is 0 Å². The van der Waals surface area contributed by atoms with Crippen molar-refractivity contribution in [3.05, 3.63) is 60.0 Å². The Kier molecular flexibility index (Phi) is 3.70. The second-order valence-electron chi connectivity index (χ2n) is 5.54. The third-order valence-corrected chi connectivity index (χ3v) is 3.85. The molecule has 1 nitrogen and oxygen atoms in total. The van der Waals surface area contributed by atoms with E-state index in [0.29, 0.717) is 18.4 Å². The normalized spacial score (nSPS) is 21.9. The van der Waals surface area contributed by atoms with E-state index in [1.165, 1.54) is 12.1 Å². The highest BCUT2D eigenvalue weighted by Crippen LogP contribution is 2.43. The molecule has 19 heavy (non-hydrogen) atoms. The van der Waals surface area contributed by atoms with E-state index in [1.807, 2.05) is 6.92 Å². The van der Waals surface area contributed by atoms with E-state index in [2.05, 4.69) is 13.2 Å². The molecule has 0 heterocycles. The van der Waals surface area contributed by atoms with Gasteiger partial charge in [0.15, 0.2) is 5.78 Å². The quantitative estimate of drug-likeness (QED) is 0.727. The third-order valence-electron chi connectivity index (χ3n) is 3.85. The van der Waals surface area contributed by atoms with Crippen molar-refractivity contribution in [2.75, 3.05) is 0 Å². The second kappa shape index (κ2) is 5.12. The molecule has 0 N–H and O–H groups in total. The summed E-state index contributed by atoms with van der Waals surface area (Å²) in [6.07, 6.45) is 4.64. The van der Waals surface area contributed by atoms with Gasteiger partial charge in [0.05, 0.1) is 0 Å². The van der Waals surface area contributed by atoms with Crippen molar-refractivity contribution in [2.24, 2.45) is 5.41 Å². The van der Waals surface area contributed by atoms with Gasteiger partial charge in [0, 0.05) is 11.0 Å². The smallest absolute Gasteiger partial charge is 0.170 e. The Balaban J connectivity index is 2.46. The maximum Gasteiger partial charge on any atom is 0.170 e. The van der Waals surface area contributed by atoms with Gasteiger partial charge < -0.3 is 0 Å². The lowest BCUT2D eigenvalue weighted by atomic mass is 9.65. The molecule has 100 valence electrons.